The Morgan fingerprint density at radius 2 is 1.56 bits per heavy atom. The van der Waals surface area contributed by atoms with Gasteiger partial charge in [0.1, 0.15) is 6.10 Å². The summed E-state index contributed by atoms with van der Waals surface area (Å²) in [6, 6.07) is 28.0. The van der Waals surface area contributed by atoms with Crippen LogP contribution in [0, 0.1) is 0 Å². The van der Waals surface area contributed by atoms with Crippen LogP contribution in [0.25, 0.3) is 11.3 Å². The molecule has 36 heavy (non-hydrogen) atoms. The smallest absolute Gasteiger partial charge is 0.275 e. The molecule has 182 valence electrons. The highest BCUT2D eigenvalue weighted by atomic mass is 16.3. The number of hydrogen-bond donors (Lipinski definition) is 2. The fourth-order valence-electron chi connectivity index (χ4n) is 5.68. The second-order valence-electron chi connectivity index (χ2n) is 9.67. The molecule has 0 spiro atoms. The van der Waals surface area contributed by atoms with E-state index in [-0.39, 0.29) is 18.0 Å². The van der Waals surface area contributed by atoms with Gasteiger partial charge in [-0.15, -0.1) is 0 Å². The van der Waals surface area contributed by atoms with Gasteiger partial charge in [0.25, 0.3) is 5.91 Å². The Morgan fingerprint density at radius 1 is 0.917 bits per heavy atom. The van der Waals surface area contributed by atoms with E-state index in [2.05, 4.69) is 34.1 Å². The molecule has 0 unspecified atom stereocenters. The molecule has 2 aliphatic rings. The summed E-state index contributed by atoms with van der Waals surface area (Å²) in [4.78, 5) is 20.6. The predicted octanol–water partition coefficient (Wildman–Crippen LogP) is 4.04. The molecular formula is C30H30N4O2. The van der Waals surface area contributed by atoms with Crippen LogP contribution in [0.3, 0.4) is 0 Å². The molecule has 0 saturated carbocycles. The van der Waals surface area contributed by atoms with Crippen molar-refractivity contribution in [1.29, 1.82) is 0 Å². The van der Waals surface area contributed by atoms with Gasteiger partial charge in [-0.2, -0.15) is 0 Å². The number of carbonyl (C=O) groups excluding carboxylic acids is 1. The Morgan fingerprint density at radius 3 is 2.25 bits per heavy atom. The zero-order valence-electron chi connectivity index (χ0n) is 20.1. The lowest BCUT2D eigenvalue weighted by molar-refractivity contribution is 0.0262. The van der Waals surface area contributed by atoms with Gasteiger partial charge in [-0.05, 0) is 29.5 Å². The number of nitrogens with zero attached hydrogens (tertiary/aromatic N) is 3. The largest absolute Gasteiger partial charge is 0.386 e. The summed E-state index contributed by atoms with van der Waals surface area (Å²) >= 11 is 0. The van der Waals surface area contributed by atoms with Crippen molar-refractivity contribution in [2.24, 2.45) is 0 Å². The zero-order valence-corrected chi connectivity index (χ0v) is 20.1. The second kappa shape index (κ2) is 9.72. The monoisotopic (exact) mass is 478 g/mol. The maximum Gasteiger partial charge on any atom is 0.275 e. The van der Waals surface area contributed by atoms with Crippen molar-refractivity contribution >= 4 is 5.91 Å². The summed E-state index contributed by atoms with van der Waals surface area (Å²) < 4.78 is 2.19. The van der Waals surface area contributed by atoms with Crippen LogP contribution in [-0.4, -0.2) is 51.1 Å². The van der Waals surface area contributed by atoms with Gasteiger partial charge in [-0.3, -0.25) is 4.79 Å². The Balaban J connectivity index is 1.37. The highest BCUT2D eigenvalue weighted by Gasteiger charge is 2.36. The van der Waals surface area contributed by atoms with Crippen molar-refractivity contribution in [2.75, 3.05) is 19.6 Å². The molecule has 3 aromatic carbocycles. The maximum atomic E-state index is 14.1. The lowest BCUT2D eigenvalue weighted by Crippen LogP contribution is -2.56. The SMILES string of the molecule is O=C(c1ncn(C2Cc3ccccc3C2)c1-c1ccccc1)N1CCNC[C@H]1[C@@H](O)c1ccccc1. The van der Waals surface area contributed by atoms with E-state index in [0.29, 0.717) is 25.3 Å². The Bertz CT molecular complexity index is 1330. The quantitative estimate of drug-likeness (QED) is 0.454. The van der Waals surface area contributed by atoms with E-state index in [0.717, 1.165) is 29.7 Å². The molecule has 1 aliphatic carbocycles. The summed E-state index contributed by atoms with van der Waals surface area (Å²) in [6.07, 6.45) is 2.89. The summed E-state index contributed by atoms with van der Waals surface area (Å²) in [6.45, 7) is 1.73. The minimum Gasteiger partial charge on any atom is -0.386 e. The number of imidazole rings is 1. The van der Waals surface area contributed by atoms with Crippen LogP contribution in [0.2, 0.25) is 0 Å². The third-order valence-corrected chi connectivity index (χ3v) is 7.52. The molecule has 0 radical (unpaired) electrons. The highest BCUT2D eigenvalue weighted by Crippen LogP contribution is 2.36. The van der Waals surface area contributed by atoms with Crippen LogP contribution < -0.4 is 5.32 Å². The minimum atomic E-state index is -0.783. The number of carbonyl (C=O) groups is 1. The van der Waals surface area contributed by atoms with Gasteiger partial charge >= 0.3 is 0 Å². The van der Waals surface area contributed by atoms with Gasteiger partial charge in [0.05, 0.1) is 18.1 Å². The van der Waals surface area contributed by atoms with Crippen molar-refractivity contribution in [3.63, 3.8) is 0 Å². The molecule has 1 saturated heterocycles. The molecule has 6 nitrogen and oxygen atoms in total. The average Bonchev–Trinajstić information content (AvgIpc) is 3.58. The molecule has 0 bridgehead atoms. The molecular weight excluding hydrogens is 448 g/mol. The van der Waals surface area contributed by atoms with E-state index >= 15 is 0 Å². The number of rotatable bonds is 5. The van der Waals surface area contributed by atoms with Crippen molar-refractivity contribution in [2.45, 2.75) is 31.0 Å². The topological polar surface area (TPSA) is 70.4 Å². The number of aliphatic hydroxyl groups excluding tert-OH is 1. The van der Waals surface area contributed by atoms with Gasteiger partial charge < -0.3 is 19.9 Å². The van der Waals surface area contributed by atoms with Crippen LogP contribution in [-0.2, 0) is 12.8 Å². The van der Waals surface area contributed by atoms with Gasteiger partial charge in [-0.1, -0.05) is 84.9 Å². The normalized spacial score (nSPS) is 18.7. The predicted molar refractivity (Wildman–Crippen MR) is 140 cm³/mol. The van der Waals surface area contributed by atoms with Crippen LogP contribution in [0.5, 0.6) is 0 Å². The molecule has 1 fully saturated rings. The standard InChI is InChI=1S/C30H30N4O2/c35-29(22-11-5-2-6-12-22)26-19-31-15-16-33(26)30(36)27-28(21-9-3-1-4-10-21)34(20-32-27)25-17-23-13-7-8-14-24(23)18-25/h1-14,20,25-26,29,31,35H,15-19H2/t26-,29-/m0/s1. The average molecular weight is 479 g/mol. The Hall–Kier alpha value is -3.74. The first-order valence-corrected chi connectivity index (χ1v) is 12.6. The molecule has 6 rings (SSSR count). The van der Waals surface area contributed by atoms with Gasteiger partial charge in [0, 0.05) is 31.2 Å². The van der Waals surface area contributed by atoms with E-state index < -0.39 is 6.10 Å². The fraction of sp³-hybridized carbons (Fsp3) is 0.267. The summed E-state index contributed by atoms with van der Waals surface area (Å²) in [5.74, 6) is -0.135. The first-order chi connectivity index (χ1) is 17.7. The number of benzene rings is 3. The first-order valence-electron chi connectivity index (χ1n) is 12.6. The van der Waals surface area contributed by atoms with Gasteiger partial charge in [0.15, 0.2) is 5.69 Å². The lowest BCUT2D eigenvalue weighted by Gasteiger charge is -2.38. The summed E-state index contributed by atoms with van der Waals surface area (Å²) in [5.41, 5.74) is 5.80. The fourth-order valence-corrected chi connectivity index (χ4v) is 5.68. The van der Waals surface area contributed by atoms with E-state index in [4.69, 9.17) is 4.98 Å². The molecule has 1 aliphatic heterocycles. The van der Waals surface area contributed by atoms with E-state index in [1.54, 1.807) is 4.90 Å². The Labute approximate surface area is 211 Å². The van der Waals surface area contributed by atoms with Crippen molar-refractivity contribution < 1.29 is 9.90 Å². The first kappa shape index (κ1) is 22.7. The number of nitrogens with one attached hydrogen (secondary N) is 1. The molecule has 4 aromatic rings. The van der Waals surface area contributed by atoms with Crippen molar-refractivity contribution in [3.8, 4) is 11.3 Å². The van der Waals surface area contributed by atoms with Crippen LogP contribution in [0.1, 0.15) is 39.3 Å². The molecule has 1 amide bonds. The summed E-state index contributed by atoms with van der Waals surface area (Å²) in [7, 11) is 0. The van der Waals surface area contributed by atoms with E-state index in [9.17, 15) is 9.90 Å². The number of amides is 1. The van der Waals surface area contributed by atoms with E-state index in [1.165, 1.54) is 11.1 Å². The molecule has 2 heterocycles. The van der Waals surface area contributed by atoms with Crippen LogP contribution in [0.4, 0.5) is 0 Å². The zero-order chi connectivity index (χ0) is 24.5. The second-order valence-corrected chi connectivity index (χ2v) is 9.67. The van der Waals surface area contributed by atoms with E-state index in [1.807, 2.05) is 67.0 Å². The summed E-state index contributed by atoms with van der Waals surface area (Å²) in [5, 5.41) is 14.6. The Kier molecular flexibility index (Phi) is 6.13. The highest BCUT2D eigenvalue weighted by molar-refractivity contribution is 5.98. The molecule has 6 heteroatoms. The minimum absolute atomic E-state index is 0.135. The molecule has 2 atom stereocenters. The van der Waals surface area contributed by atoms with Gasteiger partial charge in [-0.25, -0.2) is 4.98 Å². The molecule has 1 aromatic heterocycles. The number of aromatic nitrogens is 2. The number of hydrogen-bond acceptors (Lipinski definition) is 4. The number of piperazine rings is 1. The molecule has 2 N–H and O–H groups in total. The van der Waals surface area contributed by atoms with Gasteiger partial charge in [0.2, 0.25) is 0 Å². The van der Waals surface area contributed by atoms with Crippen LogP contribution >= 0.6 is 0 Å². The number of aliphatic hydroxyl groups is 1. The van der Waals surface area contributed by atoms with Crippen LogP contribution in [0.15, 0.2) is 91.3 Å². The third-order valence-electron chi connectivity index (χ3n) is 7.52. The van der Waals surface area contributed by atoms with Crippen molar-refractivity contribution in [1.82, 2.24) is 19.8 Å². The lowest BCUT2D eigenvalue weighted by atomic mass is 9.98. The third kappa shape index (κ3) is 4.12. The maximum absolute atomic E-state index is 14.1. The van der Waals surface area contributed by atoms with Crippen molar-refractivity contribution in [3.05, 3.63) is 114 Å². The number of fused-ring (bicyclic) bond motifs is 1.